The fourth-order valence-electron chi connectivity index (χ4n) is 3.74. The lowest BCUT2D eigenvalue weighted by atomic mass is 9.93. The van der Waals surface area contributed by atoms with Gasteiger partial charge in [-0.2, -0.15) is 11.3 Å². The molecule has 1 aromatic rings. The van der Waals surface area contributed by atoms with E-state index >= 15 is 0 Å². The zero-order valence-corrected chi connectivity index (χ0v) is 14.6. The molecule has 1 amide bonds. The van der Waals surface area contributed by atoms with Gasteiger partial charge < -0.3 is 10.2 Å². The van der Waals surface area contributed by atoms with Gasteiger partial charge in [-0.15, -0.1) is 0 Å². The minimum atomic E-state index is 0.361. The Morgan fingerprint density at radius 3 is 2.86 bits per heavy atom. The van der Waals surface area contributed by atoms with Crippen LogP contribution in [-0.4, -0.2) is 29.9 Å². The van der Waals surface area contributed by atoms with E-state index in [0.29, 0.717) is 29.7 Å². The minimum Gasteiger partial charge on any atom is -0.335 e. The molecule has 0 bridgehead atoms. The van der Waals surface area contributed by atoms with Crippen molar-refractivity contribution < 1.29 is 4.79 Å². The summed E-state index contributed by atoms with van der Waals surface area (Å²) in [6.07, 6.45) is 5.38. The molecule has 1 aliphatic heterocycles. The number of amides is 1. The van der Waals surface area contributed by atoms with Crippen molar-refractivity contribution in [1.82, 2.24) is 10.2 Å². The monoisotopic (exact) mass is 320 g/mol. The average molecular weight is 321 g/mol. The summed E-state index contributed by atoms with van der Waals surface area (Å²) in [6, 6.07) is 2.64. The second-order valence-corrected chi connectivity index (χ2v) is 8.20. The molecule has 1 spiro atoms. The molecule has 4 heteroatoms. The number of carbonyl (C=O) groups excluding carboxylic acids is 1. The van der Waals surface area contributed by atoms with Crippen LogP contribution in [0.1, 0.15) is 51.5 Å². The highest BCUT2D eigenvalue weighted by molar-refractivity contribution is 7.07. The van der Waals surface area contributed by atoms with Gasteiger partial charge in [-0.05, 0) is 72.5 Å². The predicted molar refractivity (Wildman–Crippen MR) is 91.9 cm³/mol. The molecule has 2 heterocycles. The van der Waals surface area contributed by atoms with Crippen molar-refractivity contribution in [3.05, 3.63) is 22.4 Å². The van der Waals surface area contributed by atoms with Gasteiger partial charge in [0.15, 0.2) is 0 Å². The average Bonchev–Trinajstić information content (AvgIpc) is 2.95. The molecule has 1 N–H and O–H groups in total. The number of nitrogens with one attached hydrogen (secondary N) is 1. The fourth-order valence-corrected chi connectivity index (χ4v) is 4.40. The fraction of sp³-hybridized carbons (Fsp3) is 0.722. The first-order chi connectivity index (χ1) is 10.6. The third-order valence-electron chi connectivity index (χ3n) is 5.31. The molecular formula is C18H28N2OS. The van der Waals surface area contributed by atoms with Crippen molar-refractivity contribution in [1.29, 1.82) is 0 Å². The van der Waals surface area contributed by atoms with Crippen molar-refractivity contribution in [2.24, 2.45) is 11.3 Å². The van der Waals surface area contributed by atoms with E-state index in [1.807, 2.05) is 0 Å². The summed E-state index contributed by atoms with van der Waals surface area (Å²) >= 11 is 1.72. The van der Waals surface area contributed by atoms with E-state index in [2.05, 4.69) is 40.9 Å². The number of rotatable bonds is 6. The third-order valence-corrected chi connectivity index (χ3v) is 6.04. The van der Waals surface area contributed by atoms with E-state index in [0.717, 1.165) is 26.1 Å². The van der Waals surface area contributed by atoms with Crippen LogP contribution >= 0.6 is 11.3 Å². The zero-order chi connectivity index (χ0) is 15.6. The lowest BCUT2D eigenvalue weighted by molar-refractivity contribution is -0.133. The molecule has 2 aliphatic rings. The molecule has 0 radical (unpaired) electrons. The number of nitrogens with zero attached hydrogens (tertiary/aromatic N) is 1. The lowest BCUT2D eigenvalue weighted by Crippen LogP contribution is -2.39. The maximum atomic E-state index is 12.8. The molecule has 1 aliphatic carbocycles. The van der Waals surface area contributed by atoms with Gasteiger partial charge in [0.25, 0.3) is 0 Å². The second-order valence-electron chi connectivity index (χ2n) is 7.42. The smallest absolute Gasteiger partial charge is 0.223 e. The maximum absolute atomic E-state index is 12.8. The van der Waals surface area contributed by atoms with Gasteiger partial charge in [-0.1, -0.05) is 13.8 Å². The van der Waals surface area contributed by atoms with Crippen LogP contribution in [0.25, 0.3) is 0 Å². The van der Waals surface area contributed by atoms with Gasteiger partial charge in [-0.3, -0.25) is 4.79 Å². The summed E-state index contributed by atoms with van der Waals surface area (Å²) in [5.41, 5.74) is 1.72. The molecule has 22 heavy (non-hydrogen) atoms. The number of hydrogen-bond acceptors (Lipinski definition) is 3. The van der Waals surface area contributed by atoms with E-state index in [1.54, 1.807) is 11.3 Å². The standard InChI is InChI=1S/C18H28N2OS/c1-14(2)3-4-17(21)20(12-15-5-10-22-13-15)16-11-18(16)6-8-19-9-7-18/h5,10,13-14,16,19H,3-4,6-9,11-12H2,1-2H3. The minimum absolute atomic E-state index is 0.361. The summed E-state index contributed by atoms with van der Waals surface area (Å²) in [5.74, 6) is 0.958. The molecule has 1 saturated heterocycles. The lowest BCUT2D eigenvalue weighted by Gasteiger charge is -2.30. The highest BCUT2D eigenvalue weighted by Gasteiger charge is 2.57. The van der Waals surface area contributed by atoms with Gasteiger partial charge in [0.1, 0.15) is 0 Å². The number of thiophene rings is 1. The zero-order valence-electron chi connectivity index (χ0n) is 13.8. The van der Waals surface area contributed by atoms with Crippen molar-refractivity contribution in [2.45, 2.75) is 58.5 Å². The maximum Gasteiger partial charge on any atom is 0.223 e. The third kappa shape index (κ3) is 3.54. The molecule has 0 aromatic carbocycles. The molecule has 2 fully saturated rings. The van der Waals surface area contributed by atoms with Crippen molar-refractivity contribution in [2.75, 3.05) is 13.1 Å². The summed E-state index contributed by atoms with van der Waals surface area (Å²) < 4.78 is 0. The second kappa shape index (κ2) is 6.71. The number of carbonyl (C=O) groups is 1. The van der Waals surface area contributed by atoms with Gasteiger partial charge in [0.2, 0.25) is 5.91 Å². The van der Waals surface area contributed by atoms with Crippen LogP contribution in [0.2, 0.25) is 0 Å². The quantitative estimate of drug-likeness (QED) is 0.867. The Bertz CT molecular complexity index is 491. The first-order valence-electron chi connectivity index (χ1n) is 8.62. The van der Waals surface area contributed by atoms with Crippen molar-refractivity contribution in [3.63, 3.8) is 0 Å². The van der Waals surface area contributed by atoms with Crippen LogP contribution in [0, 0.1) is 11.3 Å². The van der Waals surface area contributed by atoms with Gasteiger partial charge >= 0.3 is 0 Å². The summed E-state index contributed by atoms with van der Waals surface area (Å²) in [6.45, 7) is 7.43. The van der Waals surface area contributed by atoms with Gasteiger partial charge in [0.05, 0.1) is 0 Å². The highest BCUT2D eigenvalue weighted by Crippen LogP contribution is 2.56. The van der Waals surface area contributed by atoms with E-state index in [9.17, 15) is 4.79 Å². The molecule has 1 saturated carbocycles. The van der Waals surface area contributed by atoms with E-state index in [1.165, 1.54) is 24.8 Å². The Balaban J connectivity index is 1.68. The molecule has 3 nitrogen and oxygen atoms in total. The Morgan fingerprint density at radius 1 is 1.45 bits per heavy atom. The van der Waals surface area contributed by atoms with Crippen LogP contribution in [-0.2, 0) is 11.3 Å². The SMILES string of the molecule is CC(C)CCC(=O)N(Cc1ccsc1)C1CC12CCNCC2. The Hall–Kier alpha value is -0.870. The molecular weight excluding hydrogens is 292 g/mol. The van der Waals surface area contributed by atoms with Crippen LogP contribution < -0.4 is 5.32 Å². The topological polar surface area (TPSA) is 32.3 Å². The molecule has 1 unspecified atom stereocenters. The molecule has 1 aromatic heterocycles. The summed E-state index contributed by atoms with van der Waals surface area (Å²) in [5, 5.41) is 7.74. The van der Waals surface area contributed by atoms with Crippen LogP contribution in [0.4, 0.5) is 0 Å². The van der Waals surface area contributed by atoms with Crippen molar-refractivity contribution >= 4 is 17.2 Å². The summed E-state index contributed by atoms with van der Waals surface area (Å²) in [4.78, 5) is 15.0. The molecule has 122 valence electrons. The van der Waals surface area contributed by atoms with E-state index < -0.39 is 0 Å². The highest BCUT2D eigenvalue weighted by atomic mass is 32.1. The van der Waals surface area contributed by atoms with E-state index in [4.69, 9.17) is 0 Å². The largest absolute Gasteiger partial charge is 0.335 e. The van der Waals surface area contributed by atoms with E-state index in [-0.39, 0.29) is 0 Å². The van der Waals surface area contributed by atoms with Gasteiger partial charge in [-0.25, -0.2) is 0 Å². The van der Waals surface area contributed by atoms with Crippen LogP contribution in [0.3, 0.4) is 0 Å². The number of piperidine rings is 1. The Morgan fingerprint density at radius 2 is 2.23 bits per heavy atom. The Labute approximate surface area is 138 Å². The predicted octanol–water partition coefficient (Wildman–Crippen LogP) is 3.66. The number of hydrogen-bond donors (Lipinski definition) is 1. The normalized spacial score (nSPS) is 23.0. The summed E-state index contributed by atoms with van der Waals surface area (Å²) in [7, 11) is 0. The van der Waals surface area contributed by atoms with Crippen molar-refractivity contribution in [3.8, 4) is 0 Å². The van der Waals surface area contributed by atoms with Crippen LogP contribution in [0.5, 0.6) is 0 Å². The first-order valence-corrected chi connectivity index (χ1v) is 9.56. The first kappa shape index (κ1) is 16.0. The molecule has 3 rings (SSSR count). The molecule has 1 atom stereocenters. The Kier molecular flexibility index (Phi) is 4.88. The van der Waals surface area contributed by atoms with Crippen LogP contribution in [0.15, 0.2) is 16.8 Å². The van der Waals surface area contributed by atoms with Gasteiger partial charge in [0, 0.05) is 19.0 Å².